The summed E-state index contributed by atoms with van der Waals surface area (Å²) in [6.07, 6.45) is 2.04. The second-order valence-electron chi connectivity index (χ2n) is 7.89. The Balaban J connectivity index is 1.88. The highest BCUT2D eigenvalue weighted by atomic mass is 35.5. The maximum atomic E-state index is 13.4. The average molecular weight is 433 g/mol. The lowest BCUT2D eigenvalue weighted by atomic mass is 9.91. The molecule has 1 N–H and O–H groups in total. The lowest BCUT2D eigenvalue weighted by Crippen LogP contribution is -2.52. The zero-order valence-corrected chi connectivity index (χ0v) is 18.5. The number of hydrogen-bond acceptors (Lipinski definition) is 2. The molecule has 0 aliphatic carbocycles. The standard InChI is InChI=1S/C23H26Cl2N2O2/c1-14-8-15(2)10-18(9-14)23(29)27-7-6-20(26-16(3)28)13-21(27)11-17-4-5-19(24)12-22(17)25/h4-5,8-10,12,20-21H,6-7,11,13H2,1-3H3,(H,26,28). The fraction of sp³-hybridized carbons (Fsp3) is 0.391. The van der Waals surface area contributed by atoms with E-state index in [0.29, 0.717) is 35.0 Å². The van der Waals surface area contributed by atoms with Crippen LogP contribution in [0.15, 0.2) is 36.4 Å². The van der Waals surface area contributed by atoms with E-state index in [0.717, 1.165) is 23.1 Å². The Labute approximate surface area is 182 Å². The number of carbonyl (C=O) groups is 2. The van der Waals surface area contributed by atoms with Gasteiger partial charge >= 0.3 is 0 Å². The van der Waals surface area contributed by atoms with Gasteiger partial charge in [-0.25, -0.2) is 0 Å². The molecule has 2 amide bonds. The molecule has 1 aliphatic heterocycles. The summed E-state index contributed by atoms with van der Waals surface area (Å²) in [6.45, 7) is 6.11. The number of carbonyl (C=O) groups excluding carboxylic acids is 2. The highest BCUT2D eigenvalue weighted by molar-refractivity contribution is 6.35. The minimum Gasteiger partial charge on any atom is -0.353 e. The predicted octanol–water partition coefficient (Wildman–Crippen LogP) is 4.96. The van der Waals surface area contributed by atoms with Crippen molar-refractivity contribution in [2.75, 3.05) is 6.54 Å². The van der Waals surface area contributed by atoms with Crippen molar-refractivity contribution in [3.63, 3.8) is 0 Å². The smallest absolute Gasteiger partial charge is 0.254 e. The van der Waals surface area contributed by atoms with Gasteiger partial charge in [-0.1, -0.05) is 46.5 Å². The number of benzene rings is 2. The Hall–Kier alpha value is -2.04. The first kappa shape index (κ1) is 21.7. The molecule has 2 aromatic carbocycles. The van der Waals surface area contributed by atoms with Crippen LogP contribution in [0.25, 0.3) is 0 Å². The summed E-state index contributed by atoms with van der Waals surface area (Å²) in [5, 5.41) is 4.19. The monoisotopic (exact) mass is 432 g/mol. The number of hydrogen-bond donors (Lipinski definition) is 1. The Morgan fingerprint density at radius 1 is 1.10 bits per heavy atom. The molecule has 2 atom stereocenters. The summed E-state index contributed by atoms with van der Waals surface area (Å²) in [5.74, 6) is -0.0273. The number of piperidine rings is 1. The molecule has 154 valence electrons. The molecule has 1 saturated heterocycles. The van der Waals surface area contributed by atoms with Crippen LogP contribution in [-0.4, -0.2) is 35.3 Å². The number of likely N-dealkylation sites (tertiary alicyclic amines) is 1. The number of amides is 2. The van der Waals surface area contributed by atoms with Crippen LogP contribution >= 0.6 is 23.2 Å². The fourth-order valence-corrected chi connectivity index (χ4v) is 4.62. The van der Waals surface area contributed by atoms with E-state index in [-0.39, 0.29) is 23.9 Å². The average Bonchev–Trinajstić information content (AvgIpc) is 2.62. The molecule has 1 fully saturated rings. The Kier molecular flexibility index (Phi) is 6.86. The quantitative estimate of drug-likeness (QED) is 0.741. The summed E-state index contributed by atoms with van der Waals surface area (Å²) in [4.78, 5) is 26.8. The van der Waals surface area contributed by atoms with Gasteiger partial charge in [-0.3, -0.25) is 9.59 Å². The predicted molar refractivity (Wildman–Crippen MR) is 118 cm³/mol. The van der Waals surface area contributed by atoms with Crippen LogP contribution < -0.4 is 5.32 Å². The van der Waals surface area contributed by atoms with Crippen molar-refractivity contribution in [2.24, 2.45) is 0 Å². The molecule has 1 aliphatic rings. The van der Waals surface area contributed by atoms with Crippen molar-refractivity contribution >= 4 is 35.0 Å². The van der Waals surface area contributed by atoms with Gasteiger partial charge in [0.05, 0.1) is 0 Å². The van der Waals surface area contributed by atoms with Gasteiger partial charge in [-0.05, 0) is 62.9 Å². The topological polar surface area (TPSA) is 49.4 Å². The third-order valence-electron chi connectivity index (χ3n) is 5.32. The van der Waals surface area contributed by atoms with Gasteiger partial charge in [0.1, 0.15) is 0 Å². The minimum absolute atomic E-state index is 0.0214. The van der Waals surface area contributed by atoms with E-state index in [4.69, 9.17) is 23.2 Å². The summed E-state index contributed by atoms with van der Waals surface area (Å²) in [6, 6.07) is 11.4. The van der Waals surface area contributed by atoms with E-state index in [1.165, 1.54) is 6.92 Å². The van der Waals surface area contributed by atoms with E-state index in [1.807, 2.05) is 43.0 Å². The van der Waals surface area contributed by atoms with Crippen molar-refractivity contribution < 1.29 is 9.59 Å². The van der Waals surface area contributed by atoms with Gasteiger partial charge in [-0.15, -0.1) is 0 Å². The first-order valence-corrected chi connectivity index (χ1v) is 10.6. The lowest BCUT2D eigenvalue weighted by molar-refractivity contribution is -0.120. The molecular formula is C23H26Cl2N2O2. The van der Waals surface area contributed by atoms with Crippen LogP contribution in [0.5, 0.6) is 0 Å². The van der Waals surface area contributed by atoms with Crippen molar-refractivity contribution in [3.8, 4) is 0 Å². The fourth-order valence-electron chi connectivity index (χ4n) is 4.14. The Morgan fingerprint density at radius 3 is 2.41 bits per heavy atom. The molecule has 0 aromatic heterocycles. The number of rotatable bonds is 4. The van der Waals surface area contributed by atoms with Crippen LogP contribution in [0, 0.1) is 13.8 Å². The lowest BCUT2D eigenvalue weighted by Gasteiger charge is -2.40. The first-order chi connectivity index (χ1) is 13.7. The van der Waals surface area contributed by atoms with E-state index in [1.54, 1.807) is 6.07 Å². The molecule has 0 saturated carbocycles. The van der Waals surface area contributed by atoms with Crippen LogP contribution in [0.1, 0.15) is 46.8 Å². The van der Waals surface area contributed by atoms with Crippen LogP contribution in [0.3, 0.4) is 0 Å². The normalized spacial score (nSPS) is 19.1. The summed E-state index contributed by atoms with van der Waals surface area (Å²) < 4.78 is 0. The molecule has 0 radical (unpaired) electrons. The molecule has 0 bridgehead atoms. The molecule has 0 spiro atoms. The van der Waals surface area contributed by atoms with Crippen LogP contribution in [0.2, 0.25) is 10.0 Å². The van der Waals surface area contributed by atoms with Gasteiger partial charge in [0.25, 0.3) is 5.91 Å². The van der Waals surface area contributed by atoms with Gasteiger partial charge < -0.3 is 10.2 Å². The summed E-state index contributed by atoms with van der Waals surface area (Å²) in [5.41, 5.74) is 3.79. The maximum Gasteiger partial charge on any atom is 0.254 e. The Morgan fingerprint density at radius 2 is 1.79 bits per heavy atom. The summed E-state index contributed by atoms with van der Waals surface area (Å²) in [7, 11) is 0. The number of halogens is 2. The Bertz CT molecular complexity index is 909. The second kappa shape index (κ2) is 9.19. The van der Waals surface area contributed by atoms with Crippen molar-refractivity contribution in [1.29, 1.82) is 0 Å². The van der Waals surface area contributed by atoms with Gasteiger partial charge in [0.15, 0.2) is 0 Å². The van der Waals surface area contributed by atoms with Crippen molar-refractivity contribution in [1.82, 2.24) is 10.2 Å². The van der Waals surface area contributed by atoms with Crippen LogP contribution in [-0.2, 0) is 11.2 Å². The molecule has 29 heavy (non-hydrogen) atoms. The number of aryl methyl sites for hydroxylation is 2. The summed E-state index contributed by atoms with van der Waals surface area (Å²) >= 11 is 12.4. The molecule has 6 heteroatoms. The largest absolute Gasteiger partial charge is 0.353 e. The zero-order chi connectivity index (χ0) is 21.1. The third-order valence-corrected chi connectivity index (χ3v) is 5.91. The number of nitrogens with one attached hydrogen (secondary N) is 1. The zero-order valence-electron chi connectivity index (χ0n) is 17.0. The van der Waals surface area contributed by atoms with Gasteiger partial charge in [0.2, 0.25) is 5.91 Å². The number of nitrogens with zero attached hydrogens (tertiary/aromatic N) is 1. The highest BCUT2D eigenvalue weighted by Gasteiger charge is 2.33. The van der Waals surface area contributed by atoms with Crippen molar-refractivity contribution in [3.05, 3.63) is 68.7 Å². The molecule has 3 rings (SSSR count). The third kappa shape index (κ3) is 5.52. The first-order valence-electron chi connectivity index (χ1n) is 9.83. The van der Waals surface area contributed by atoms with Crippen LogP contribution in [0.4, 0.5) is 0 Å². The van der Waals surface area contributed by atoms with E-state index in [9.17, 15) is 9.59 Å². The van der Waals surface area contributed by atoms with Gasteiger partial charge in [0, 0.05) is 41.2 Å². The van der Waals surface area contributed by atoms with Gasteiger partial charge in [-0.2, -0.15) is 0 Å². The second-order valence-corrected chi connectivity index (χ2v) is 8.73. The molecule has 2 unspecified atom stereocenters. The minimum atomic E-state index is -0.0624. The highest BCUT2D eigenvalue weighted by Crippen LogP contribution is 2.28. The van der Waals surface area contributed by atoms with E-state index >= 15 is 0 Å². The van der Waals surface area contributed by atoms with Crippen molar-refractivity contribution in [2.45, 2.75) is 52.1 Å². The SMILES string of the molecule is CC(=O)NC1CCN(C(=O)c2cc(C)cc(C)c2)C(Cc2ccc(Cl)cc2Cl)C1. The van der Waals surface area contributed by atoms with E-state index < -0.39 is 0 Å². The van der Waals surface area contributed by atoms with E-state index in [2.05, 4.69) is 11.4 Å². The molecule has 4 nitrogen and oxygen atoms in total. The molecular weight excluding hydrogens is 407 g/mol. The maximum absolute atomic E-state index is 13.4. The molecule has 2 aromatic rings. The molecule has 1 heterocycles.